The van der Waals surface area contributed by atoms with Crippen LogP contribution in [0, 0.1) is 18.1 Å². The van der Waals surface area contributed by atoms with Crippen molar-refractivity contribution < 1.29 is 18.7 Å². The van der Waals surface area contributed by atoms with E-state index in [1.807, 2.05) is 18.2 Å². The van der Waals surface area contributed by atoms with E-state index in [1.165, 1.54) is 17.7 Å². The molecule has 2 aromatic rings. The van der Waals surface area contributed by atoms with Gasteiger partial charge in [0.25, 0.3) is 0 Å². The Hall–Kier alpha value is -2.31. The van der Waals surface area contributed by atoms with Crippen molar-refractivity contribution in [1.82, 2.24) is 5.32 Å². The number of carbonyl (C=O) groups excluding carboxylic acids is 1. The first kappa shape index (κ1) is 20.4. The molecule has 2 unspecified atom stereocenters. The highest BCUT2D eigenvalue weighted by atomic mass is 19.1. The second-order valence-electron chi connectivity index (χ2n) is 7.31. The van der Waals surface area contributed by atoms with Crippen molar-refractivity contribution in [1.29, 1.82) is 0 Å². The number of fused-ring (bicyclic) bond motifs is 1. The average Bonchev–Trinajstić information content (AvgIpc) is 2.63. The van der Waals surface area contributed by atoms with Crippen LogP contribution in [0.25, 0.3) is 0 Å². The highest BCUT2D eigenvalue weighted by molar-refractivity contribution is 5.76. The maximum Gasteiger partial charge on any atom is 0.221 e. The Kier molecular flexibility index (Phi) is 6.75. The first-order valence-corrected chi connectivity index (χ1v) is 9.50. The summed E-state index contributed by atoms with van der Waals surface area (Å²) in [6.07, 6.45) is 4.35. The number of hydrogen-bond acceptors (Lipinski definition) is 3. The van der Waals surface area contributed by atoms with Crippen LogP contribution in [-0.2, 0) is 24.1 Å². The number of nitrogens with one attached hydrogen (secondary N) is 1. The van der Waals surface area contributed by atoms with Gasteiger partial charge in [-0.2, -0.15) is 0 Å². The fourth-order valence-corrected chi connectivity index (χ4v) is 3.72. The van der Waals surface area contributed by atoms with Crippen LogP contribution in [0.5, 0.6) is 0 Å². The van der Waals surface area contributed by atoms with Crippen molar-refractivity contribution >= 4 is 5.91 Å². The number of halogens is 2. The Morgan fingerprint density at radius 1 is 1.21 bits per heavy atom. The molecule has 2 atom stereocenters. The van der Waals surface area contributed by atoms with Gasteiger partial charge < -0.3 is 16.2 Å². The summed E-state index contributed by atoms with van der Waals surface area (Å²) in [5, 5.41) is 13.6. The highest BCUT2D eigenvalue weighted by Crippen LogP contribution is 2.30. The van der Waals surface area contributed by atoms with E-state index >= 15 is 0 Å². The first-order valence-electron chi connectivity index (χ1n) is 9.50. The number of nitrogens with two attached hydrogens (primary N) is 1. The zero-order valence-electron chi connectivity index (χ0n) is 15.6. The number of aliphatic hydroxyl groups excluding tert-OH is 1. The summed E-state index contributed by atoms with van der Waals surface area (Å²) < 4.78 is 26.5. The largest absolute Gasteiger partial charge is 0.391 e. The number of aliphatic hydroxyl groups is 1. The number of hydrogen-bond donors (Lipinski definition) is 3. The molecule has 1 aliphatic carbocycles. The molecule has 0 fully saturated rings. The molecule has 0 bridgehead atoms. The van der Waals surface area contributed by atoms with Gasteiger partial charge in [0, 0.05) is 18.7 Å². The van der Waals surface area contributed by atoms with Crippen molar-refractivity contribution in [2.75, 3.05) is 6.54 Å². The summed E-state index contributed by atoms with van der Waals surface area (Å²) in [6.45, 7) is 0.335. The van der Waals surface area contributed by atoms with Gasteiger partial charge in [-0.25, -0.2) is 8.78 Å². The highest BCUT2D eigenvalue weighted by Gasteiger charge is 2.21. The Morgan fingerprint density at radius 3 is 2.68 bits per heavy atom. The summed E-state index contributed by atoms with van der Waals surface area (Å²) >= 11 is 0. The van der Waals surface area contributed by atoms with Crippen LogP contribution < -0.4 is 11.1 Å². The maximum atomic E-state index is 13.2. The van der Waals surface area contributed by atoms with Crippen molar-refractivity contribution in [3.63, 3.8) is 0 Å². The average molecular weight is 387 g/mol. The van der Waals surface area contributed by atoms with E-state index in [0.717, 1.165) is 36.5 Å². The summed E-state index contributed by atoms with van der Waals surface area (Å²) in [4.78, 5) is 11.2. The fraction of sp³-hybridized carbons (Fsp3) is 0.364. The van der Waals surface area contributed by atoms with Crippen LogP contribution in [-0.4, -0.2) is 23.7 Å². The van der Waals surface area contributed by atoms with Gasteiger partial charge in [0.05, 0.1) is 12.5 Å². The Labute approximate surface area is 163 Å². The van der Waals surface area contributed by atoms with Crippen molar-refractivity contribution in [3.8, 4) is 0 Å². The lowest BCUT2D eigenvalue weighted by Crippen LogP contribution is -2.33. The fourth-order valence-electron chi connectivity index (χ4n) is 3.72. The summed E-state index contributed by atoms with van der Waals surface area (Å²) in [5.41, 5.74) is 9.05. The third-order valence-electron chi connectivity index (χ3n) is 5.02. The van der Waals surface area contributed by atoms with E-state index in [0.29, 0.717) is 12.1 Å². The third-order valence-corrected chi connectivity index (χ3v) is 5.02. The minimum absolute atomic E-state index is 0.0891. The summed E-state index contributed by atoms with van der Waals surface area (Å²) in [6, 6.07) is 9.44. The molecular weight excluding hydrogens is 362 g/mol. The van der Waals surface area contributed by atoms with E-state index in [2.05, 4.69) is 5.32 Å². The lowest BCUT2D eigenvalue weighted by Gasteiger charge is -2.28. The quantitative estimate of drug-likeness (QED) is 0.652. The van der Waals surface area contributed by atoms with E-state index in [-0.39, 0.29) is 24.8 Å². The van der Waals surface area contributed by atoms with Crippen LogP contribution in [0.1, 0.15) is 41.1 Å². The number of primary amides is 1. The predicted molar refractivity (Wildman–Crippen MR) is 103 cm³/mol. The summed E-state index contributed by atoms with van der Waals surface area (Å²) in [7, 11) is 0. The minimum Gasteiger partial charge on any atom is -0.391 e. The second-order valence-corrected chi connectivity index (χ2v) is 7.31. The van der Waals surface area contributed by atoms with Crippen LogP contribution >= 0.6 is 0 Å². The van der Waals surface area contributed by atoms with Gasteiger partial charge in [0.2, 0.25) is 5.91 Å². The zero-order chi connectivity index (χ0) is 20.1. The standard InChI is InChI=1S/C22H25F2N2O2/c23-17-8-14(9-18(24)12-17)5-7-19(27)13-26-21-3-1-2-16-6-4-15(10-20(16)21)11-22(25)28/h4,6-10,12,19,21,26-27H,1-3,5,11,13H2,(H2,25,28). The SMILES string of the molecule is NC(=O)Cc1ccc2c(c1)C(NCC(O)[CH]Cc1cc(F)cc(F)c1)CCC2. The van der Waals surface area contributed by atoms with Gasteiger partial charge in [-0.05, 0) is 66.5 Å². The monoisotopic (exact) mass is 387 g/mol. The molecule has 4 N–H and O–H groups in total. The predicted octanol–water partition coefficient (Wildman–Crippen LogP) is 2.77. The van der Waals surface area contributed by atoms with Crippen molar-refractivity contribution in [3.05, 3.63) is 76.7 Å². The maximum absolute atomic E-state index is 13.2. The topological polar surface area (TPSA) is 75.4 Å². The van der Waals surface area contributed by atoms with Gasteiger partial charge in [-0.1, -0.05) is 18.2 Å². The molecule has 0 aromatic heterocycles. The molecule has 0 saturated carbocycles. The Morgan fingerprint density at radius 2 is 1.96 bits per heavy atom. The molecule has 1 radical (unpaired) electrons. The molecule has 0 saturated heterocycles. The molecule has 6 heteroatoms. The first-order chi connectivity index (χ1) is 13.4. The molecule has 28 heavy (non-hydrogen) atoms. The molecule has 2 aromatic carbocycles. The number of carbonyl (C=O) groups is 1. The van der Waals surface area contributed by atoms with E-state index in [1.54, 1.807) is 6.42 Å². The van der Waals surface area contributed by atoms with Gasteiger partial charge in [-0.3, -0.25) is 4.79 Å². The third kappa shape index (κ3) is 5.59. The Bertz CT molecular complexity index is 821. The minimum atomic E-state index is -0.745. The number of benzene rings is 2. The summed E-state index contributed by atoms with van der Waals surface area (Å²) in [5.74, 6) is -1.61. The smallest absolute Gasteiger partial charge is 0.221 e. The van der Waals surface area contributed by atoms with Gasteiger partial charge >= 0.3 is 0 Å². The lowest BCUT2D eigenvalue weighted by molar-refractivity contribution is -0.117. The zero-order valence-corrected chi connectivity index (χ0v) is 15.6. The molecule has 1 aliphatic rings. The van der Waals surface area contributed by atoms with E-state index in [9.17, 15) is 18.7 Å². The molecule has 4 nitrogen and oxygen atoms in total. The number of rotatable bonds is 8. The molecule has 1 amide bonds. The molecular formula is C22H25F2N2O2. The molecule has 149 valence electrons. The van der Waals surface area contributed by atoms with Crippen molar-refractivity contribution in [2.45, 2.75) is 44.2 Å². The van der Waals surface area contributed by atoms with Gasteiger partial charge in [-0.15, -0.1) is 0 Å². The molecule has 0 spiro atoms. The molecule has 0 heterocycles. The number of amides is 1. The van der Waals surface area contributed by atoms with Gasteiger partial charge in [0.1, 0.15) is 11.6 Å². The number of aryl methyl sites for hydroxylation is 1. The van der Waals surface area contributed by atoms with Crippen LogP contribution in [0.4, 0.5) is 8.78 Å². The Balaban J connectivity index is 1.56. The van der Waals surface area contributed by atoms with E-state index < -0.39 is 17.7 Å². The van der Waals surface area contributed by atoms with Crippen molar-refractivity contribution in [2.24, 2.45) is 5.73 Å². The lowest BCUT2D eigenvalue weighted by atomic mass is 9.86. The van der Waals surface area contributed by atoms with Gasteiger partial charge in [0.15, 0.2) is 0 Å². The van der Waals surface area contributed by atoms with Crippen LogP contribution in [0.3, 0.4) is 0 Å². The normalized spacial score (nSPS) is 17.2. The second kappa shape index (κ2) is 9.26. The molecule has 0 aliphatic heterocycles. The molecule has 3 rings (SSSR count). The van der Waals surface area contributed by atoms with Crippen LogP contribution in [0.15, 0.2) is 36.4 Å². The van der Waals surface area contributed by atoms with E-state index in [4.69, 9.17) is 5.73 Å². The van der Waals surface area contributed by atoms with Crippen LogP contribution in [0.2, 0.25) is 0 Å².